The monoisotopic (exact) mass is 394 g/mol. The van der Waals surface area contributed by atoms with Crippen molar-refractivity contribution in [1.82, 2.24) is 4.37 Å². The lowest BCUT2D eigenvalue weighted by Gasteiger charge is -2.08. The van der Waals surface area contributed by atoms with E-state index in [2.05, 4.69) is 25.6 Å². The van der Waals surface area contributed by atoms with Crippen LogP contribution in [0.3, 0.4) is 0 Å². The first-order chi connectivity index (χ1) is 9.40. The summed E-state index contributed by atoms with van der Waals surface area (Å²) in [6.07, 6.45) is 0. The number of nitrogens with one attached hydrogen (secondary N) is 1. The maximum absolute atomic E-state index is 12.0. The molecule has 0 bridgehead atoms. The first kappa shape index (κ1) is 15.2. The Morgan fingerprint density at radius 3 is 2.60 bits per heavy atom. The van der Waals surface area contributed by atoms with Crippen LogP contribution in [-0.4, -0.2) is 21.4 Å². The highest BCUT2D eigenvalue weighted by atomic mass is 79.9. The number of aromatic nitrogens is 1. The van der Waals surface area contributed by atoms with Gasteiger partial charge in [0, 0.05) is 4.47 Å². The summed E-state index contributed by atoms with van der Waals surface area (Å²) in [5.74, 6) is -1.72. The fourth-order valence-electron chi connectivity index (χ4n) is 1.38. The van der Waals surface area contributed by atoms with Crippen LogP contribution >= 0.6 is 50.7 Å². The number of rotatable bonds is 3. The molecule has 1 amide bonds. The van der Waals surface area contributed by atoms with E-state index in [9.17, 15) is 9.59 Å². The van der Waals surface area contributed by atoms with Crippen LogP contribution < -0.4 is 5.32 Å². The number of nitrogens with zero attached hydrogens (tertiary/aromatic N) is 1. The normalized spacial score (nSPS) is 10.3. The van der Waals surface area contributed by atoms with E-state index >= 15 is 0 Å². The van der Waals surface area contributed by atoms with Gasteiger partial charge in [0.05, 0.1) is 11.3 Å². The van der Waals surface area contributed by atoms with Gasteiger partial charge in [-0.3, -0.25) is 4.79 Å². The van der Waals surface area contributed by atoms with E-state index in [0.29, 0.717) is 4.47 Å². The fraction of sp³-hybridized carbons (Fsp3) is 0. The summed E-state index contributed by atoms with van der Waals surface area (Å²) in [6.45, 7) is 0. The SMILES string of the molecule is O=C(O)c1cc(Br)ccc1NC(=O)c1snc(Cl)c1Cl. The fourth-order valence-corrected chi connectivity index (χ4v) is 2.85. The molecular formula is C11H5BrCl2N2O3S. The number of amides is 1. The second-order valence-electron chi connectivity index (χ2n) is 3.57. The second kappa shape index (κ2) is 6.09. The highest BCUT2D eigenvalue weighted by Crippen LogP contribution is 2.30. The molecule has 0 aliphatic heterocycles. The summed E-state index contributed by atoms with van der Waals surface area (Å²) >= 11 is 15.5. The summed E-state index contributed by atoms with van der Waals surface area (Å²) in [7, 11) is 0. The van der Waals surface area contributed by atoms with Crippen LogP contribution in [0.15, 0.2) is 22.7 Å². The molecule has 0 atom stereocenters. The summed E-state index contributed by atoms with van der Waals surface area (Å²) in [5.41, 5.74) is 0.116. The Morgan fingerprint density at radius 2 is 2.05 bits per heavy atom. The number of hydrogen-bond acceptors (Lipinski definition) is 4. The van der Waals surface area contributed by atoms with Gasteiger partial charge in [0.15, 0.2) is 5.15 Å². The predicted octanol–water partition coefficient (Wildman–Crippen LogP) is 4.16. The third-order valence-electron chi connectivity index (χ3n) is 2.26. The largest absolute Gasteiger partial charge is 0.478 e. The molecule has 20 heavy (non-hydrogen) atoms. The Balaban J connectivity index is 2.33. The van der Waals surface area contributed by atoms with E-state index in [1.807, 2.05) is 0 Å². The minimum absolute atomic E-state index is 0.0380. The van der Waals surface area contributed by atoms with E-state index in [-0.39, 0.29) is 26.3 Å². The number of halogens is 3. The molecule has 1 aromatic heterocycles. The quantitative estimate of drug-likeness (QED) is 0.817. The predicted molar refractivity (Wildman–Crippen MR) is 81.2 cm³/mol. The van der Waals surface area contributed by atoms with Gasteiger partial charge in [0.1, 0.15) is 9.90 Å². The molecular weight excluding hydrogens is 391 g/mol. The zero-order valence-corrected chi connectivity index (χ0v) is 13.4. The average Bonchev–Trinajstić information content (AvgIpc) is 2.72. The molecule has 1 aromatic carbocycles. The van der Waals surface area contributed by atoms with E-state index in [0.717, 1.165) is 11.5 Å². The highest BCUT2D eigenvalue weighted by molar-refractivity contribution is 9.10. The van der Waals surface area contributed by atoms with E-state index in [4.69, 9.17) is 28.3 Å². The van der Waals surface area contributed by atoms with Gasteiger partial charge in [0.25, 0.3) is 5.91 Å². The van der Waals surface area contributed by atoms with Gasteiger partial charge in [-0.1, -0.05) is 39.1 Å². The lowest BCUT2D eigenvalue weighted by atomic mass is 10.2. The molecule has 1 heterocycles. The number of carboxylic acids is 1. The minimum atomic E-state index is -1.16. The molecule has 2 N–H and O–H groups in total. The third-order valence-corrected chi connectivity index (χ3v) is 4.55. The molecule has 5 nitrogen and oxygen atoms in total. The molecule has 0 aliphatic rings. The molecule has 0 radical (unpaired) electrons. The molecule has 9 heteroatoms. The van der Waals surface area contributed by atoms with Crippen LogP contribution in [0.2, 0.25) is 10.2 Å². The van der Waals surface area contributed by atoms with Crippen molar-refractivity contribution in [2.45, 2.75) is 0 Å². The Bertz CT molecular complexity index is 705. The summed E-state index contributed by atoms with van der Waals surface area (Å²) < 4.78 is 4.33. The number of carboxylic acid groups (broad SMARTS) is 1. The first-order valence-corrected chi connectivity index (χ1v) is 7.37. The number of carbonyl (C=O) groups is 2. The van der Waals surface area contributed by atoms with Crippen LogP contribution in [0.1, 0.15) is 20.0 Å². The Hall–Kier alpha value is -1.15. The van der Waals surface area contributed by atoms with Crippen LogP contribution in [0.5, 0.6) is 0 Å². The average molecular weight is 396 g/mol. The van der Waals surface area contributed by atoms with Gasteiger partial charge in [-0.25, -0.2) is 4.79 Å². The molecule has 0 aliphatic carbocycles. The molecule has 0 fully saturated rings. The number of benzene rings is 1. The number of carbonyl (C=O) groups excluding carboxylic acids is 1. The Morgan fingerprint density at radius 1 is 1.35 bits per heavy atom. The van der Waals surface area contributed by atoms with Gasteiger partial charge in [-0.15, -0.1) is 0 Å². The van der Waals surface area contributed by atoms with Crippen molar-refractivity contribution in [2.24, 2.45) is 0 Å². The molecule has 2 aromatic rings. The van der Waals surface area contributed by atoms with Crippen LogP contribution in [-0.2, 0) is 0 Å². The van der Waals surface area contributed by atoms with Gasteiger partial charge in [-0.05, 0) is 29.7 Å². The summed E-state index contributed by atoms with van der Waals surface area (Å²) in [6, 6.07) is 4.48. The van der Waals surface area contributed by atoms with Crippen LogP contribution in [0.25, 0.3) is 0 Å². The van der Waals surface area contributed by atoms with Crippen molar-refractivity contribution in [2.75, 3.05) is 5.32 Å². The maximum Gasteiger partial charge on any atom is 0.337 e. The van der Waals surface area contributed by atoms with Crippen molar-refractivity contribution in [3.8, 4) is 0 Å². The molecule has 104 valence electrons. The number of anilines is 1. The zero-order chi connectivity index (χ0) is 14.9. The molecule has 2 rings (SSSR count). The van der Waals surface area contributed by atoms with Crippen LogP contribution in [0, 0.1) is 0 Å². The topological polar surface area (TPSA) is 79.3 Å². The summed E-state index contributed by atoms with van der Waals surface area (Å²) in [4.78, 5) is 23.3. The smallest absolute Gasteiger partial charge is 0.337 e. The first-order valence-electron chi connectivity index (χ1n) is 5.05. The van der Waals surface area contributed by atoms with Gasteiger partial charge >= 0.3 is 5.97 Å². The minimum Gasteiger partial charge on any atom is -0.478 e. The van der Waals surface area contributed by atoms with Crippen molar-refractivity contribution >= 4 is 68.2 Å². The second-order valence-corrected chi connectivity index (χ2v) is 5.99. The van der Waals surface area contributed by atoms with Crippen molar-refractivity contribution in [3.05, 3.63) is 43.3 Å². The zero-order valence-electron chi connectivity index (χ0n) is 9.49. The molecule has 0 saturated carbocycles. The lowest BCUT2D eigenvalue weighted by molar-refractivity contribution is 0.0698. The Labute approximate surface area is 135 Å². The molecule has 0 unspecified atom stereocenters. The van der Waals surface area contributed by atoms with Crippen molar-refractivity contribution in [3.63, 3.8) is 0 Å². The van der Waals surface area contributed by atoms with Gasteiger partial charge in [0.2, 0.25) is 0 Å². The van der Waals surface area contributed by atoms with E-state index < -0.39 is 11.9 Å². The van der Waals surface area contributed by atoms with E-state index in [1.165, 1.54) is 12.1 Å². The molecule has 0 spiro atoms. The third kappa shape index (κ3) is 3.12. The maximum atomic E-state index is 12.0. The number of aromatic carboxylic acids is 1. The Kier molecular flexibility index (Phi) is 4.64. The van der Waals surface area contributed by atoms with Crippen LogP contribution in [0.4, 0.5) is 5.69 Å². The molecule has 0 saturated heterocycles. The van der Waals surface area contributed by atoms with Crippen molar-refractivity contribution < 1.29 is 14.7 Å². The summed E-state index contributed by atoms with van der Waals surface area (Å²) in [5, 5.41) is 11.7. The van der Waals surface area contributed by atoms with Gasteiger partial charge in [-0.2, -0.15) is 4.37 Å². The van der Waals surface area contributed by atoms with E-state index in [1.54, 1.807) is 6.07 Å². The standard InChI is InChI=1S/C11H5BrCl2N2O3S/c12-4-1-2-6(5(3-4)11(18)19)15-10(17)8-7(13)9(14)16-20-8/h1-3H,(H,15,17)(H,18,19). The van der Waals surface area contributed by atoms with Gasteiger partial charge < -0.3 is 10.4 Å². The number of hydrogen-bond donors (Lipinski definition) is 2. The van der Waals surface area contributed by atoms with Crippen molar-refractivity contribution in [1.29, 1.82) is 0 Å². The lowest BCUT2D eigenvalue weighted by Crippen LogP contribution is -2.14. The highest BCUT2D eigenvalue weighted by Gasteiger charge is 2.19.